The summed E-state index contributed by atoms with van der Waals surface area (Å²) in [6.07, 6.45) is 1.36. The van der Waals surface area contributed by atoms with Crippen LogP contribution in [0.15, 0.2) is 18.2 Å². The third kappa shape index (κ3) is 3.16. The Kier molecular flexibility index (Phi) is 4.76. The van der Waals surface area contributed by atoms with Crippen LogP contribution in [0, 0.1) is 5.82 Å². The van der Waals surface area contributed by atoms with E-state index < -0.39 is 17.4 Å². The fourth-order valence-electron chi connectivity index (χ4n) is 1.89. The van der Waals surface area contributed by atoms with Crippen molar-refractivity contribution in [2.45, 2.75) is 31.3 Å². The molecule has 0 heterocycles. The molecular formula is C13H18ClFN2O2. The number of rotatable bonds is 4. The average molecular weight is 289 g/mol. The number of carbonyl (C=O) groups excluding carboxylic acids is 1. The molecule has 3 N–H and O–H groups in total. The van der Waals surface area contributed by atoms with Crippen molar-refractivity contribution in [1.29, 1.82) is 0 Å². The van der Waals surface area contributed by atoms with E-state index in [0.29, 0.717) is 24.2 Å². The number of nitrogens with one attached hydrogen (secondary N) is 1. The van der Waals surface area contributed by atoms with Crippen LogP contribution in [0.25, 0.3) is 0 Å². The van der Waals surface area contributed by atoms with E-state index in [9.17, 15) is 9.18 Å². The molecule has 1 amide bonds. The van der Waals surface area contributed by atoms with Crippen molar-refractivity contribution in [3.63, 3.8) is 0 Å². The summed E-state index contributed by atoms with van der Waals surface area (Å²) in [5, 5.41) is 2.73. The number of hydrogen-bond acceptors (Lipinski definition) is 3. The first kappa shape index (κ1) is 15.7. The third-order valence-electron chi connectivity index (χ3n) is 3.25. The molecule has 0 saturated heterocycles. The molecule has 1 aromatic carbocycles. The molecule has 0 radical (unpaired) electrons. The molecule has 0 bridgehead atoms. The Morgan fingerprint density at radius 3 is 2.68 bits per heavy atom. The van der Waals surface area contributed by atoms with Gasteiger partial charge >= 0.3 is 0 Å². The van der Waals surface area contributed by atoms with Crippen molar-refractivity contribution in [1.82, 2.24) is 5.32 Å². The molecular weight excluding hydrogens is 271 g/mol. The van der Waals surface area contributed by atoms with E-state index in [2.05, 4.69) is 5.32 Å². The summed E-state index contributed by atoms with van der Waals surface area (Å²) in [7, 11) is 1.47. The predicted octanol–water partition coefficient (Wildman–Crippen LogP) is 1.92. The summed E-state index contributed by atoms with van der Waals surface area (Å²) < 4.78 is 18.9. The van der Waals surface area contributed by atoms with Gasteiger partial charge in [0.25, 0.3) is 0 Å². The molecule has 0 aliphatic heterocycles. The number of hydrogen-bond donors (Lipinski definition) is 2. The highest BCUT2D eigenvalue weighted by Gasteiger charge is 2.46. The topological polar surface area (TPSA) is 64.3 Å². The number of halogens is 2. The van der Waals surface area contributed by atoms with Gasteiger partial charge < -0.3 is 15.8 Å². The molecule has 1 saturated carbocycles. The zero-order valence-corrected chi connectivity index (χ0v) is 11.7. The first-order chi connectivity index (χ1) is 8.48. The van der Waals surface area contributed by atoms with Gasteiger partial charge in [-0.25, -0.2) is 4.39 Å². The Labute approximate surface area is 117 Å². The van der Waals surface area contributed by atoms with Gasteiger partial charge in [-0.3, -0.25) is 4.79 Å². The second-order valence-corrected chi connectivity index (χ2v) is 4.71. The molecule has 19 heavy (non-hydrogen) atoms. The first-order valence-electron chi connectivity index (χ1n) is 5.90. The smallest absolute Gasteiger partial charge is 0.240 e. The summed E-state index contributed by atoms with van der Waals surface area (Å²) >= 11 is 0. The number of nitrogens with two attached hydrogens (primary N) is 1. The molecule has 1 aromatic rings. The Bertz CT molecular complexity index is 478. The zero-order valence-electron chi connectivity index (χ0n) is 10.9. The number of ether oxygens (including phenoxy) is 1. The molecule has 1 aliphatic carbocycles. The molecule has 1 unspecified atom stereocenters. The Hall–Kier alpha value is -1.33. The molecule has 6 heteroatoms. The lowest BCUT2D eigenvalue weighted by Gasteiger charge is -2.19. The molecule has 106 valence electrons. The van der Waals surface area contributed by atoms with Gasteiger partial charge in [0.1, 0.15) is 11.6 Å². The molecule has 0 aromatic heterocycles. The summed E-state index contributed by atoms with van der Waals surface area (Å²) in [5.74, 6) is -0.214. The standard InChI is InChI=1S/C13H17FN2O2.ClH/c1-8(16-12(17)13(15)6-7-13)11-9(14)4-3-5-10(11)18-2;/h3-5,8H,6-7,15H2,1-2H3,(H,16,17);1H. The van der Waals surface area contributed by atoms with Crippen molar-refractivity contribution in [2.24, 2.45) is 5.73 Å². The fourth-order valence-corrected chi connectivity index (χ4v) is 1.89. The molecule has 0 spiro atoms. The second-order valence-electron chi connectivity index (χ2n) is 4.71. The van der Waals surface area contributed by atoms with Crippen molar-refractivity contribution in [3.05, 3.63) is 29.6 Å². The van der Waals surface area contributed by atoms with E-state index >= 15 is 0 Å². The van der Waals surface area contributed by atoms with Gasteiger partial charge in [0.05, 0.1) is 24.3 Å². The van der Waals surface area contributed by atoms with Gasteiger partial charge in [-0.1, -0.05) is 6.07 Å². The van der Waals surface area contributed by atoms with Gasteiger partial charge in [0.2, 0.25) is 5.91 Å². The monoisotopic (exact) mass is 288 g/mol. The Morgan fingerprint density at radius 2 is 2.16 bits per heavy atom. The summed E-state index contributed by atoms with van der Waals surface area (Å²) in [6.45, 7) is 1.71. The Balaban J connectivity index is 0.00000180. The van der Waals surface area contributed by atoms with E-state index in [-0.39, 0.29) is 18.3 Å². The lowest BCUT2D eigenvalue weighted by Crippen LogP contribution is -2.43. The van der Waals surface area contributed by atoms with Crippen LogP contribution >= 0.6 is 12.4 Å². The SMILES string of the molecule is COc1cccc(F)c1C(C)NC(=O)C1(N)CC1.Cl. The van der Waals surface area contributed by atoms with Crippen LogP contribution in [-0.2, 0) is 4.79 Å². The quantitative estimate of drug-likeness (QED) is 0.890. The van der Waals surface area contributed by atoms with E-state index in [1.165, 1.54) is 13.2 Å². The van der Waals surface area contributed by atoms with Crippen molar-refractivity contribution in [3.8, 4) is 5.75 Å². The normalized spacial score (nSPS) is 17.1. The maximum absolute atomic E-state index is 13.8. The van der Waals surface area contributed by atoms with Crippen LogP contribution in [0.3, 0.4) is 0 Å². The maximum Gasteiger partial charge on any atom is 0.240 e. The van der Waals surface area contributed by atoms with Crippen LogP contribution in [-0.4, -0.2) is 18.6 Å². The number of amides is 1. The highest BCUT2D eigenvalue weighted by atomic mass is 35.5. The van der Waals surface area contributed by atoms with Crippen LogP contribution in [0.1, 0.15) is 31.4 Å². The highest BCUT2D eigenvalue weighted by molar-refractivity contribution is 5.89. The summed E-state index contributed by atoms with van der Waals surface area (Å²) in [5.41, 5.74) is 5.38. The predicted molar refractivity (Wildman–Crippen MR) is 72.9 cm³/mol. The lowest BCUT2D eigenvalue weighted by molar-refractivity contribution is -0.123. The molecule has 1 aliphatic rings. The largest absolute Gasteiger partial charge is 0.496 e. The van der Waals surface area contributed by atoms with E-state index in [1.54, 1.807) is 19.1 Å². The molecule has 1 atom stereocenters. The summed E-state index contributed by atoms with van der Waals surface area (Å²) in [6, 6.07) is 4.10. The first-order valence-corrected chi connectivity index (χ1v) is 5.90. The van der Waals surface area contributed by atoms with Gasteiger partial charge in [-0.15, -0.1) is 12.4 Å². The minimum Gasteiger partial charge on any atom is -0.496 e. The third-order valence-corrected chi connectivity index (χ3v) is 3.25. The van der Waals surface area contributed by atoms with Crippen LogP contribution in [0.4, 0.5) is 4.39 Å². The van der Waals surface area contributed by atoms with Crippen LogP contribution in [0.5, 0.6) is 5.75 Å². The van der Waals surface area contributed by atoms with E-state index in [0.717, 1.165) is 0 Å². The minimum absolute atomic E-state index is 0. The Morgan fingerprint density at radius 1 is 1.53 bits per heavy atom. The maximum atomic E-state index is 13.8. The van der Waals surface area contributed by atoms with Gasteiger partial charge in [0.15, 0.2) is 0 Å². The molecule has 2 rings (SSSR count). The number of methoxy groups -OCH3 is 1. The van der Waals surface area contributed by atoms with Gasteiger partial charge in [-0.05, 0) is 31.9 Å². The number of benzene rings is 1. The highest BCUT2D eigenvalue weighted by Crippen LogP contribution is 2.34. The van der Waals surface area contributed by atoms with Crippen molar-refractivity contribution in [2.75, 3.05) is 7.11 Å². The van der Waals surface area contributed by atoms with Crippen molar-refractivity contribution < 1.29 is 13.9 Å². The minimum atomic E-state index is -0.757. The average Bonchev–Trinajstić information content (AvgIpc) is 3.08. The van der Waals surface area contributed by atoms with Gasteiger partial charge in [-0.2, -0.15) is 0 Å². The lowest BCUT2D eigenvalue weighted by atomic mass is 10.1. The zero-order chi connectivity index (χ0) is 13.3. The summed E-state index contributed by atoms with van der Waals surface area (Å²) in [4.78, 5) is 11.8. The van der Waals surface area contributed by atoms with Crippen LogP contribution < -0.4 is 15.8 Å². The van der Waals surface area contributed by atoms with E-state index in [1.807, 2.05) is 0 Å². The van der Waals surface area contributed by atoms with Gasteiger partial charge in [0, 0.05) is 0 Å². The van der Waals surface area contributed by atoms with Crippen LogP contribution in [0.2, 0.25) is 0 Å². The molecule has 4 nitrogen and oxygen atoms in total. The second kappa shape index (κ2) is 5.75. The molecule has 1 fully saturated rings. The fraction of sp³-hybridized carbons (Fsp3) is 0.462. The van der Waals surface area contributed by atoms with Crippen molar-refractivity contribution >= 4 is 18.3 Å². The van der Waals surface area contributed by atoms with E-state index in [4.69, 9.17) is 10.5 Å². The number of carbonyl (C=O) groups is 1.